The van der Waals surface area contributed by atoms with Crippen LogP contribution in [0.2, 0.25) is 0 Å². The summed E-state index contributed by atoms with van der Waals surface area (Å²) < 4.78 is 31.4. The smallest absolute Gasteiger partial charge is 0.408 e. The molecule has 2 unspecified atom stereocenters. The number of hydrogen-bond donors (Lipinski definition) is 13. The molecule has 10 amide bonds. The van der Waals surface area contributed by atoms with Gasteiger partial charge in [-0.1, -0.05) is 135 Å². The number of aliphatic hydroxyl groups is 2. The van der Waals surface area contributed by atoms with Gasteiger partial charge in [0.05, 0.1) is 19.3 Å². The van der Waals surface area contributed by atoms with Gasteiger partial charge in [-0.2, -0.15) is 0 Å². The van der Waals surface area contributed by atoms with E-state index in [1.807, 2.05) is 83.1 Å². The van der Waals surface area contributed by atoms with E-state index in [1.54, 1.807) is 121 Å². The standard InChI is InChI=1S/C28H48N4O6.C21H36N2O5.C19H32N2O5.C11H21NO4.C10H17NO2.C9H18N2O2/c1-8-10-19(21(33)24(35)29-17-13-14-17)30-23(34)20-18-12-9-11-16(18)15-32(20)25(36)22(27(2,3)4)31-26(37)38-28(5,6)7;1-8-27-18(25)15-14-11-9-10-13(14)12-23(15)17(24)16(20(2,3)4)22-19(26)28-21(5,6)7;1-18(2,3)14(20-17(25)26-19(4,5)6)15(22)21-10-11-8-7-9-12(11)13(21)16(23)24;1-10(2,3)7(8(13)14)12-9(15)16-11(4,5)6;1-2-13-10(12)9-8-5-3-4-7(8)6-11-9;1-2-3-7(10)8(12)9(13)11-6-4-5-6/h16-22,33H,8-15H2,1-7H3,(H,29,35)(H,30,34)(H,31,37);13-16H,8-12H2,1-7H3,(H,22,26);11-14H,7-10H2,1-6H3,(H,20,25)(H,23,24);7H,1-6H3,(H,12,15)(H,13,14);7-9,11H,2-6H2,1H3;6-8,12H,2-5,10H2,1H3,(H,11,13)/t16-,18-,19-,20-,21?,22+;13-,14-,15-,16+;11-,12-,13-,14+;7-;7-,8-,9-;7-,8?/m000100/s1. The van der Waals surface area contributed by atoms with Gasteiger partial charge in [-0.25, -0.2) is 33.6 Å². The molecule has 4 saturated heterocycles. The van der Waals surface area contributed by atoms with Gasteiger partial charge in [-0.15, -0.1) is 0 Å². The van der Waals surface area contributed by atoms with E-state index in [0.717, 1.165) is 102 Å². The fourth-order valence-corrected chi connectivity index (χ4v) is 19.0. The molecule has 0 radical (unpaired) electrons. The lowest BCUT2D eigenvalue weighted by Gasteiger charge is -2.37. The highest BCUT2D eigenvalue weighted by Gasteiger charge is 2.57. The molecule has 0 aromatic heterocycles. The Morgan fingerprint density at radius 1 is 0.381 bits per heavy atom. The van der Waals surface area contributed by atoms with Crippen LogP contribution in [-0.2, 0) is 76.4 Å². The van der Waals surface area contributed by atoms with Crippen molar-refractivity contribution in [2.75, 3.05) is 39.4 Å². The lowest BCUT2D eigenvalue weighted by Crippen LogP contribution is -2.60. The van der Waals surface area contributed by atoms with Gasteiger partial charge in [0, 0.05) is 37.8 Å². The molecule has 10 aliphatic rings. The number of nitrogens with zero attached hydrogens (tertiary/aromatic N) is 3. The number of likely N-dealkylation sites (tertiary alicyclic amines) is 3. The summed E-state index contributed by atoms with van der Waals surface area (Å²) in [4.78, 5) is 179. The van der Waals surface area contributed by atoms with Gasteiger partial charge in [0.15, 0.2) is 6.10 Å². The average molecular weight is 1900 g/mol. The number of aliphatic hydroxyl groups excluding tert-OH is 2. The number of aliphatic carboxylic acids is 2. The minimum Gasteiger partial charge on any atom is -0.480 e. The van der Waals surface area contributed by atoms with Gasteiger partial charge in [0.1, 0.15) is 76.8 Å². The summed E-state index contributed by atoms with van der Waals surface area (Å²) >= 11 is 0. The van der Waals surface area contributed by atoms with Gasteiger partial charge in [-0.3, -0.25) is 33.6 Å². The molecule has 4 aliphatic heterocycles. The number of rotatable bonds is 25. The summed E-state index contributed by atoms with van der Waals surface area (Å²) in [6, 6.07) is -6.39. The Labute approximate surface area is 796 Å². The predicted octanol–water partition coefficient (Wildman–Crippen LogP) is 10.9. The third kappa shape index (κ3) is 36.2. The van der Waals surface area contributed by atoms with Crippen molar-refractivity contribution in [3.8, 4) is 0 Å². The van der Waals surface area contributed by atoms with E-state index in [1.165, 1.54) is 24.2 Å². The van der Waals surface area contributed by atoms with Crippen molar-refractivity contribution in [1.29, 1.82) is 0 Å². The molecular formula is C98H172N12O24. The summed E-state index contributed by atoms with van der Waals surface area (Å²) in [5, 5.41) is 61.1. The average Bonchev–Trinajstić information content (AvgIpc) is 1.62. The van der Waals surface area contributed by atoms with Crippen molar-refractivity contribution in [2.45, 2.75) is 429 Å². The topological polar surface area (TPSA) is 507 Å². The molecule has 36 heteroatoms. The number of hydrogen-bond acceptors (Lipinski definition) is 24. The van der Waals surface area contributed by atoms with Crippen LogP contribution in [-0.4, -0.2) is 265 Å². The molecule has 10 rings (SSSR count). The van der Waals surface area contributed by atoms with Crippen LogP contribution in [0.1, 0.15) is 322 Å². The highest BCUT2D eigenvalue weighted by atomic mass is 16.6. The second-order valence-corrected chi connectivity index (χ2v) is 46.4. The van der Waals surface area contributed by atoms with E-state index in [9.17, 15) is 82.4 Å². The maximum Gasteiger partial charge on any atom is 0.408 e. The normalized spacial score (nSPS) is 25.3. The zero-order valence-corrected chi connectivity index (χ0v) is 86.0. The molecule has 0 spiro atoms. The zero-order chi connectivity index (χ0) is 102. The lowest BCUT2D eigenvalue weighted by atomic mass is 9.85. The van der Waals surface area contributed by atoms with Crippen LogP contribution >= 0.6 is 0 Å². The number of amides is 10. The van der Waals surface area contributed by atoms with E-state index in [0.29, 0.717) is 57.3 Å². The van der Waals surface area contributed by atoms with Crippen LogP contribution in [0, 0.1) is 69.0 Å². The third-order valence-electron chi connectivity index (χ3n) is 25.7. The first kappa shape index (κ1) is 116. The first-order chi connectivity index (χ1) is 61.7. The Hall–Kier alpha value is -8.38. The molecule has 134 heavy (non-hydrogen) atoms. The number of esters is 2. The van der Waals surface area contributed by atoms with E-state index in [2.05, 4.69) is 42.5 Å². The van der Waals surface area contributed by atoms with Crippen LogP contribution < -0.4 is 48.3 Å². The number of carboxylic acid groups (broad SMARTS) is 2. The molecule has 20 atom stereocenters. The second-order valence-electron chi connectivity index (χ2n) is 46.4. The minimum absolute atomic E-state index is 0.000745. The number of carboxylic acids is 2. The van der Waals surface area contributed by atoms with Gasteiger partial charge in [0.2, 0.25) is 23.6 Å². The van der Waals surface area contributed by atoms with Crippen LogP contribution in [0.25, 0.3) is 0 Å². The molecule has 768 valence electrons. The summed E-state index contributed by atoms with van der Waals surface area (Å²) in [6.45, 7) is 53.8. The van der Waals surface area contributed by atoms with Crippen molar-refractivity contribution in [3.63, 3.8) is 0 Å². The molecule has 6 saturated carbocycles. The monoisotopic (exact) mass is 1900 g/mol. The van der Waals surface area contributed by atoms with Crippen molar-refractivity contribution >= 4 is 83.7 Å². The maximum atomic E-state index is 14.0. The lowest BCUT2D eigenvalue weighted by molar-refractivity contribution is -0.156. The van der Waals surface area contributed by atoms with E-state index in [4.69, 9.17) is 39.3 Å². The maximum absolute atomic E-state index is 14.0. The first-order valence-electron chi connectivity index (χ1n) is 49.1. The molecule has 0 aromatic rings. The van der Waals surface area contributed by atoms with Crippen molar-refractivity contribution < 1.29 is 116 Å². The number of nitrogens with two attached hydrogens (primary N) is 1. The fourth-order valence-electron chi connectivity index (χ4n) is 19.0. The van der Waals surface area contributed by atoms with Crippen LogP contribution in [0.15, 0.2) is 0 Å². The van der Waals surface area contributed by atoms with Gasteiger partial charge >= 0.3 is 48.3 Å². The summed E-state index contributed by atoms with van der Waals surface area (Å²) in [5.41, 5.74) is 0.617. The van der Waals surface area contributed by atoms with Crippen LogP contribution in [0.3, 0.4) is 0 Å². The molecular weight excluding hydrogens is 1730 g/mol. The van der Waals surface area contributed by atoms with E-state index >= 15 is 0 Å². The number of fused-ring (bicyclic) bond motifs is 4. The molecule has 10 fully saturated rings. The number of carbonyl (C=O) groups excluding carboxylic acids is 12. The molecule has 36 nitrogen and oxygen atoms in total. The Kier molecular flexibility index (Phi) is 42.7. The minimum atomic E-state index is -1.36. The first-order valence-corrected chi connectivity index (χ1v) is 49.1. The molecule has 0 aromatic carbocycles. The second kappa shape index (κ2) is 49.3. The van der Waals surface area contributed by atoms with E-state index < -0.39 is 153 Å². The highest BCUT2D eigenvalue weighted by Crippen LogP contribution is 2.47. The Morgan fingerprint density at radius 2 is 0.694 bits per heavy atom. The third-order valence-corrected chi connectivity index (χ3v) is 25.7. The molecule has 6 aliphatic carbocycles. The fraction of sp³-hybridized carbons (Fsp3) is 0.857. The summed E-state index contributed by atoms with van der Waals surface area (Å²) in [6.07, 6.45) is 13.8. The highest BCUT2D eigenvalue weighted by molar-refractivity contribution is 5.95. The molecule has 14 N–H and O–H groups in total. The number of ether oxygens (including phenoxy) is 6. The van der Waals surface area contributed by atoms with E-state index in [-0.39, 0.29) is 95.8 Å². The molecule has 4 heterocycles. The summed E-state index contributed by atoms with van der Waals surface area (Å²) in [7, 11) is 0. The Bertz CT molecular complexity index is 3930. The van der Waals surface area contributed by atoms with Crippen LogP contribution in [0.5, 0.6) is 0 Å². The van der Waals surface area contributed by atoms with Crippen molar-refractivity contribution in [3.05, 3.63) is 0 Å². The number of carbonyl (C=O) groups is 14. The SMILES string of the molecule is CC(C)(C)OC(=O)N[C@H](C(=O)N1C[C@@H]2CCC[C@@H]2[C@H]1C(=O)O)C(C)(C)C.CC(C)(C)OC(=O)N[C@H](C(=O)O)C(C)(C)C.CCC[C@H](N)C(O)C(=O)NC1CC1.CCC[C@H](NC(=O)[C@@H]1[C@H]2CCC[C@H]2CN1C(=O)[C@@H](NC(=O)OC(C)(C)C)C(C)(C)C)C(O)C(=O)NC1CC1.CCOC(=O)[C@@H]1[C@H]2CCC[C@H]2CN1C(=O)[C@@H](NC(=O)OC(C)(C)C)C(C)(C)C.CCOC(=O)[C@H]1NC[C@@H]2CCC[C@@H]21. The van der Waals surface area contributed by atoms with Gasteiger partial charge < -0.3 is 112 Å². The van der Waals surface area contributed by atoms with Gasteiger partial charge in [-0.05, 0) is 262 Å². The number of nitrogens with one attached hydrogen (secondary N) is 8. The van der Waals surface area contributed by atoms with Gasteiger partial charge in [0.25, 0.3) is 11.8 Å². The van der Waals surface area contributed by atoms with Crippen molar-refractivity contribution in [2.24, 2.45) is 74.7 Å². The zero-order valence-electron chi connectivity index (χ0n) is 86.0. The van der Waals surface area contributed by atoms with Crippen molar-refractivity contribution in [1.82, 2.24) is 57.2 Å². The summed E-state index contributed by atoms with van der Waals surface area (Å²) in [5.74, 6) is -2.27. The quantitative estimate of drug-likeness (QED) is 0.0298. The number of alkyl carbamates (subject to hydrolysis) is 4. The Morgan fingerprint density at radius 3 is 1.02 bits per heavy atom. The molecule has 0 bridgehead atoms. The largest absolute Gasteiger partial charge is 0.480 e. The predicted molar refractivity (Wildman–Crippen MR) is 505 cm³/mol. The Balaban J connectivity index is 0.000000297. The van der Waals surface area contributed by atoms with Crippen LogP contribution in [0.4, 0.5) is 19.2 Å².